The number of rotatable bonds is 3. The lowest BCUT2D eigenvalue weighted by Gasteiger charge is -2.33. The summed E-state index contributed by atoms with van der Waals surface area (Å²) >= 11 is 0. The van der Waals surface area contributed by atoms with Crippen molar-refractivity contribution < 1.29 is 13.6 Å². The molecule has 0 radical (unpaired) electrons. The maximum absolute atomic E-state index is 13.6. The molecule has 116 valence electrons. The van der Waals surface area contributed by atoms with Crippen molar-refractivity contribution in [2.75, 3.05) is 24.5 Å². The zero-order chi connectivity index (χ0) is 15.7. The van der Waals surface area contributed by atoms with Crippen LogP contribution in [0.3, 0.4) is 0 Å². The van der Waals surface area contributed by atoms with Gasteiger partial charge >= 0.3 is 0 Å². The number of piperazine rings is 1. The highest BCUT2D eigenvalue weighted by Gasteiger charge is 2.27. The maximum Gasteiger partial charge on any atom is 0.241 e. The molecule has 0 aromatic carbocycles. The van der Waals surface area contributed by atoms with Crippen molar-refractivity contribution in [2.45, 2.75) is 6.54 Å². The molecule has 1 aliphatic rings. The number of hydrogen-bond acceptors (Lipinski definition) is 4. The van der Waals surface area contributed by atoms with Crippen LogP contribution in [0.5, 0.6) is 0 Å². The van der Waals surface area contributed by atoms with Crippen LogP contribution in [0, 0.1) is 11.6 Å². The second-order valence-electron chi connectivity index (χ2n) is 5.21. The first-order valence-electron chi connectivity index (χ1n) is 6.84. The molecule has 0 spiro atoms. The predicted octanol–water partition coefficient (Wildman–Crippen LogP) is 0.942. The number of halogens is 2. The molecule has 0 aliphatic carbocycles. The van der Waals surface area contributed by atoms with E-state index in [0.717, 1.165) is 18.1 Å². The topological polar surface area (TPSA) is 54.3 Å². The molecule has 1 fully saturated rings. The zero-order valence-corrected chi connectivity index (χ0v) is 12.0. The average molecular weight is 307 g/mol. The molecule has 3 heterocycles. The monoisotopic (exact) mass is 307 g/mol. The molecule has 0 saturated carbocycles. The van der Waals surface area contributed by atoms with Gasteiger partial charge in [-0.15, -0.1) is 0 Å². The van der Waals surface area contributed by atoms with Gasteiger partial charge in [0.1, 0.15) is 11.6 Å². The molecular formula is C14H15F2N5O. The summed E-state index contributed by atoms with van der Waals surface area (Å²) in [6, 6.07) is 0. The number of nitrogens with zero attached hydrogens (tertiary/aromatic N) is 5. The molecule has 0 unspecified atom stereocenters. The van der Waals surface area contributed by atoms with Crippen molar-refractivity contribution in [3.05, 3.63) is 42.0 Å². The third-order valence-corrected chi connectivity index (χ3v) is 3.64. The van der Waals surface area contributed by atoms with E-state index in [4.69, 9.17) is 0 Å². The smallest absolute Gasteiger partial charge is 0.241 e. The Hall–Kier alpha value is -2.35. The van der Waals surface area contributed by atoms with Gasteiger partial charge < -0.3 is 4.90 Å². The van der Waals surface area contributed by atoms with Crippen LogP contribution < -0.4 is 4.90 Å². The van der Waals surface area contributed by atoms with Crippen molar-refractivity contribution in [1.82, 2.24) is 19.7 Å². The molecule has 22 heavy (non-hydrogen) atoms. The normalized spacial score (nSPS) is 16.3. The summed E-state index contributed by atoms with van der Waals surface area (Å²) in [6.45, 7) is 1.14. The van der Waals surface area contributed by atoms with Crippen LogP contribution in [0.1, 0.15) is 5.56 Å². The van der Waals surface area contributed by atoms with E-state index in [2.05, 4.69) is 10.1 Å². The fraction of sp³-hybridized carbons (Fsp3) is 0.357. The number of carbonyl (C=O) groups is 1. The summed E-state index contributed by atoms with van der Waals surface area (Å²) < 4.78 is 28.8. The minimum atomic E-state index is -0.692. The zero-order valence-electron chi connectivity index (χ0n) is 12.0. The molecule has 3 rings (SSSR count). The summed E-state index contributed by atoms with van der Waals surface area (Å²) in [5, 5.41) is 4.04. The van der Waals surface area contributed by atoms with E-state index in [9.17, 15) is 13.6 Å². The van der Waals surface area contributed by atoms with Crippen LogP contribution in [0.15, 0.2) is 24.8 Å². The first-order chi connectivity index (χ1) is 10.5. The number of anilines is 1. The van der Waals surface area contributed by atoms with Crippen LogP contribution in [-0.2, 0) is 18.4 Å². The van der Waals surface area contributed by atoms with E-state index in [1.54, 1.807) is 33.9 Å². The largest absolute Gasteiger partial charge is 0.307 e. The number of carbonyl (C=O) groups excluding carboxylic acids is 1. The van der Waals surface area contributed by atoms with Crippen LogP contribution in [0.2, 0.25) is 0 Å². The van der Waals surface area contributed by atoms with Crippen LogP contribution >= 0.6 is 0 Å². The molecule has 0 bridgehead atoms. The molecule has 0 N–H and O–H groups in total. The minimum Gasteiger partial charge on any atom is -0.307 e. The fourth-order valence-electron chi connectivity index (χ4n) is 2.49. The Labute approximate surface area is 126 Å². The molecule has 0 atom stereocenters. The Morgan fingerprint density at radius 3 is 2.50 bits per heavy atom. The Bertz CT molecular complexity index is 682. The first-order valence-corrected chi connectivity index (χ1v) is 6.84. The molecule has 2 aromatic heterocycles. The highest BCUT2D eigenvalue weighted by molar-refractivity contribution is 5.95. The predicted molar refractivity (Wildman–Crippen MR) is 75.0 cm³/mol. The van der Waals surface area contributed by atoms with Gasteiger partial charge in [-0.05, 0) is 0 Å². The molecule has 1 saturated heterocycles. The molecular weight excluding hydrogens is 292 g/mol. The van der Waals surface area contributed by atoms with E-state index in [0.29, 0.717) is 13.1 Å². The number of aryl methyl sites for hydroxylation is 1. The number of pyridine rings is 1. The quantitative estimate of drug-likeness (QED) is 0.847. The number of aromatic nitrogens is 3. The van der Waals surface area contributed by atoms with Gasteiger partial charge in [-0.25, -0.2) is 8.78 Å². The van der Waals surface area contributed by atoms with Crippen molar-refractivity contribution in [1.29, 1.82) is 0 Å². The van der Waals surface area contributed by atoms with Gasteiger partial charge in [0.25, 0.3) is 0 Å². The second kappa shape index (κ2) is 5.80. The third-order valence-electron chi connectivity index (χ3n) is 3.64. The van der Waals surface area contributed by atoms with Gasteiger partial charge in [0.15, 0.2) is 0 Å². The van der Waals surface area contributed by atoms with Gasteiger partial charge in [0.05, 0.1) is 30.8 Å². The molecule has 8 heteroatoms. The molecule has 6 nitrogen and oxygen atoms in total. The van der Waals surface area contributed by atoms with Gasteiger partial charge in [-0.1, -0.05) is 0 Å². The fourth-order valence-corrected chi connectivity index (χ4v) is 2.49. The van der Waals surface area contributed by atoms with E-state index >= 15 is 0 Å². The summed E-state index contributed by atoms with van der Waals surface area (Å²) in [5.41, 5.74) is 0.672. The van der Waals surface area contributed by atoms with Crippen molar-refractivity contribution in [3.8, 4) is 0 Å². The summed E-state index contributed by atoms with van der Waals surface area (Å²) in [4.78, 5) is 19.0. The number of amides is 1. The highest BCUT2D eigenvalue weighted by Crippen LogP contribution is 2.19. The standard InChI is InChI=1S/C14H15F2N5O/c1-19-7-10(4-18-19)21-3-2-20(9-14(21)22)8-11-12(15)5-17-6-13(11)16/h4-7H,2-3,8-9H2,1H3. The Morgan fingerprint density at radius 1 is 1.18 bits per heavy atom. The number of hydrogen-bond donors (Lipinski definition) is 0. The maximum atomic E-state index is 13.6. The first kappa shape index (κ1) is 14.6. The minimum absolute atomic E-state index is 0.0484. The highest BCUT2D eigenvalue weighted by atomic mass is 19.1. The second-order valence-corrected chi connectivity index (χ2v) is 5.21. The van der Waals surface area contributed by atoms with E-state index in [1.165, 1.54) is 0 Å². The summed E-state index contributed by atoms with van der Waals surface area (Å²) in [5.74, 6) is -1.50. The molecule has 2 aromatic rings. The van der Waals surface area contributed by atoms with Gasteiger partial charge in [0.2, 0.25) is 5.91 Å². The van der Waals surface area contributed by atoms with Gasteiger partial charge in [-0.2, -0.15) is 5.10 Å². The summed E-state index contributed by atoms with van der Waals surface area (Å²) in [7, 11) is 1.78. The Balaban J connectivity index is 1.69. The lowest BCUT2D eigenvalue weighted by atomic mass is 10.2. The van der Waals surface area contributed by atoms with Gasteiger partial charge in [0, 0.05) is 38.4 Å². The molecule has 1 amide bonds. The lowest BCUT2D eigenvalue weighted by molar-refractivity contribution is -0.121. The SMILES string of the molecule is Cn1cc(N2CCN(Cc3c(F)cncc3F)CC2=O)cn1. The van der Waals surface area contributed by atoms with Crippen LogP contribution in [0.4, 0.5) is 14.5 Å². The average Bonchev–Trinajstić information content (AvgIpc) is 2.89. The lowest BCUT2D eigenvalue weighted by Crippen LogP contribution is -2.50. The van der Waals surface area contributed by atoms with Gasteiger partial charge in [-0.3, -0.25) is 19.4 Å². The van der Waals surface area contributed by atoms with E-state index in [1.807, 2.05) is 0 Å². The Morgan fingerprint density at radius 2 is 1.91 bits per heavy atom. The summed E-state index contributed by atoms with van der Waals surface area (Å²) in [6.07, 6.45) is 5.34. The van der Waals surface area contributed by atoms with Crippen molar-refractivity contribution in [3.63, 3.8) is 0 Å². The van der Waals surface area contributed by atoms with Crippen molar-refractivity contribution >= 4 is 11.6 Å². The van der Waals surface area contributed by atoms with Crippen LogP contribution in [-0.4, -0.2) is 45.2 Å². The van der Waals surface area contributed by atoms with Crippen LogP contribution in [0.25, 0.3) is 0 Å². The van der Waals surface area contributed by atoms with E-state index < -0.39 is 11.6 Å². The van der Waals surface area contributed by atoms with E-state index in [-0.39, 0.29) is 24.6 Å². The molecule has 1 aliphatic heterocycles. The Kier molecular flexibility index (Phi) is 3.84. The third kappa shape index (κ3) is 2.82. The van der Waals surface area contributed by atoms with Crippen molar-refractivity contribution in [2.24, 2.45) is 7.05 Å².